The zero-order valence-electron chi connectivity index (χ0n) is 12.4. The first-order chi connectivity index (χ1) is 9.53. The Morgan fingerprint density at radius 3 is 2.90 bits per heavy atom. The van der Waals surface area contributed by atoms with Crippen LogP contribution in [-0.4, -0.2) is 49.6 Å². The molecule has 1 aromatic carbocycles. The van der Waals surface area contributed by atoms with Gasteiger partial charge >= 0.3 is 0 Å². The van der Waals surface area contributed by atoms with Gasteiger partial charge in [-0.05, 0) is 26.0 Å². The molecule has 20 heavy (non-hydrogen) atoms. The van der Waals surface area contributed by atoms with Gasteiger partial charge in [-0.2, -0.15) is 0 Å². The molecule has 1 aliphatic heterocycles. The van der Waals surface area contributed by atoms with E-state index in [-0.39, 0.29) is 11.4 Å². The normalized spacial score (nSPS) is 18.6. The van der Waals surface area contributed by atoms with Gasteiger partial charge in [0.05, 0.1) is 19.3 Å². The molecule has 5 nitrogen and oxygen atoms in total. The third kappa shape index (κ3) is 3.49. The van der Waals surface area contributed by atoms with Crippen LogP contribution in [0.15, 0.2) is 24.3 Å². The summed E-state index contributed by atoms with van der Waals surface area (Å²) in [6, 6.07) is 7.45. The summed E-state index contributed by atoms with van der Waals surface area (Å²) in [5.74, 6) is 0.671. The van der Waals surface area contributed by atoms with Crippen molar-refractivity contribution >= 4 is 11.6 Å². The number of amides is 1. The molecule has 0 spiro atoms. The van der Waals surface area contributed by atoms with E-state index in [2.05, 4.69) is 29.4 Å². The van der Waals surface area contributed by atoms with Gasteiger partial charge in [0.2, 0.25) is 5.91 Å². The molecule has 2 N–H and O–H groups in total. The predicted octanol–water partition coefficient (Wildman–Crippen LogP) is 1.32. The van der Waals surface area contributed by atoms with Crippen LogP contribution in [0, 0.1) is 0 Å². The van der Waals surface area contributed by atoms with E-state index in [1.54, 1.807) is 7.11 Å². The lowest BCUT2D eigenvalue weighted by atomic mass is 10.0. The molecule has 0 aromatic heterocycles. The molecule has 0 radical (unpaired) electrons. The Morgan fingerprint density at radius 1 is 1.45 bits per heavy atom. The first kappa shape index (κ1) is 14.8. The van der Waals surface area contributed by atoms with Gasteiger partial charge in [-0.15, -0.1) is 0 Å². The van der Waals surface area contributed by atoms with Crippen LogP contribution in [0.25, 0.3) is 0 Å². The van der Waals surface area contributed by atoms with Crippen LogP contribution in [0.4, 0.5) is 5.69 Å². The minimum Gasteiger partial charge on any atom is -0.495 e. The van der Waals surface area contributed by atoms with Gasteiger partial charge in [0, 0.05) is 25.2 Å². The van der Waals surface area contributed by atoms with E-state index in [0.717, 1.165) is 19.6 Å². The molecule has 0 saturated carbocycles. The van der Waals surface area contributed by atoms with Gasteiger partial charge < -0.3 is 15.4 Å². The van der Waals surface area contributed by atoms with Crippen LogP contribution in [0.3, 0.4) is 0 Å². The number of carbonyl (C=O) groups excluding carboxylic acids is 1. The fourth-order valence-corrected chi connectivity index (χ4v) is 2.43. The van der Waals surface area contributed by atoms with Crippen molar-refractivity contribution in [1.29, 1.82) is 0 Å². The molecular formula is C15H23N3O2. The molecule has 1 aliphatic rings. The van der Waals surface area contributed by atoms with E-state index in [1.165, 1.54) is 0 Å². The lowest BCUT2D eigenvalue weighted by Gasteiger charge is -2.42. The van der Waals surface area contributed by atoms with Gasteiger partial charge in [-0.25, -0.2) is 0 Å². The van der Waals surface area contributed by atoms with E-state index in [0.29, 0.717) is 18.0 Å². The lowest BCUT2D eigenvalue weighted by molar-refractivity contribution is -0.119. The number of anilines is 1. The summed E-state index contributed by atoms with van der Waals surface area (Å²) in [6.45, 7) is 7.39. The van der Waals surface area contributed by atoms with Crippen molar-refractivity contribution in [3.05, 3.63) is 24.3 Å². The highest BCUT2D eigenvalue weighted by Crippen LogP contribution is 2.23. The van der Waals surface area contributed by atoms with Crippen LogP contribution >= 0.6 is 0 Å². The summed E-state index contributed by atoms with van der Waals surface area (Å²) in [4.78, 5) is 14.4. The number of carbonyl (C=O) groups is 1. The second-order valence-corrected chi connectivity index (χ2v) is 5.66. The average Bonchev–Trinajstić information content (AvgIpc) is 2.42. The molecular weight excluding hydrogens is 254 g/mol. The molecule has 2 rings (SSSR count). The van der Waals surface area contributed by atoms with E-state index >= 15 is 0 Å². The zero-order valence-corrected chi connectivity index (χ0v) is 12.4. The van der Waals surface area contributed by atoms with Crippen molar-refractivity contribution in [2.75, 3.05) is 38.6 Å². The number of benzene rings is 1. The Balaban J connectivity index is 1.98. The minimum atomic E-state index is -0.00975. The molecule has 0 aliphatic carbocycles. The molecule has 0 unspecified atom stereocenters. The van der Waals surface area contributed by atoms with Crippen molar-refractivity contribution in [1.82, 2.24) is 10.2 Å². The van der Waals surface area contributed by atoms with Crippen LogP contribution < -0.4 is 15.4 Å². The number of hydrogen-bond donors (Lipinski definition) is 2. The zero-order chi connectivity index (χ0) is 14.6. The number of para-hydroxylation sites is 2. The fraction of sp³-hybridized carbons (Fsp3) is 0.533. The molecule has 1 saturated heterocycles. The van der Waals surface area contributed by atoms with Crippen LogP contribution in [-0.2, 0) is 4.79 Å². The Hall–Kier alpha value is -1.59. The smallest absolute Gasteiger partial charge is 0.238 e. The van der Waals surface area contributed by atoms with Crippen molar-refractivity contribution in [3.8, 4) is 5.75 Å². The summed E-state index contributed by atoms with van der Waals surface area (Å²) < 4.78 is 5.24. The number of piperazine rings is 1. The number of methoxy groups -OCH3 is 1. The molecule has 1 aromatic rings. The summed E-state index contributed by atoms with van der Waals surface area (Å²) >= 11 is 0. The molecule has 5 heteroatoms. The highest BCUT2D eigenvalue weighted by atomic mass is 16.5. The minimum absolute atomic E-state index is 0.00361. The third-order valence-electron chi connectivity index (χ3n) is 3.69. The predicted molar refractivity (Wildman–Crippen MR) is 80.1 cm³/mol. The molecule has 1 amide bonds. The molecule has 0 bridgehead atoms. The number of nitrogens with one attached hydrogen (secondary N) is 2. The van der Waals surface area contributed by atoms with Crippen molar-refractivity contribution in [3.63, 3.8) is 0 Å². The lowest BCUT2D eigenvalue weighted by Crippen LogP contribution is -2.59. The van der Waals surface area contributed by atoms with Crippen molar-refractivity contribution in [2.24, 2.45) is 0 Å². The third-order valence-corrected chi connectivity index (χ3v) is 3.69. The summed E-state index contributed by atoms with van der Waals surface area (Å²) in [5.41, 5.74) is 0.712. The van der Waals surface area contributed by atoms with Gasteiger partial charge in [0.15, 0.2) is 0 Å². The first-order valence-corrected chi connectivity index (χ1v) is 6.91. The summed E-state index contributed by atoms with van der Waals surface area (Å²) in [5, 5.41) is 6.27. The van der Waals surface area contributed by atoms with E-state index < -0.39 is 0 Å². The second-order valence-electron chi connectivity index (χ2n) is 5.66. The van der Waals surface area contributed by atoms with Crippen molar-refractivity contribution in [2.45, 2.75) is 19.4 Å². The Labute approximate surface area is 120 Å². The topological polar surface area (TPSA) is 53.6 Å². The average molecular weight is 277 g/mol. The fourth-order valence-electron chi connectivity index (χ4n) is 2.43. The van der Waals surface area contributed by atoms with Gasteiger partial charge in [0.25, 0.3) is 0 Å². The van der Waals surface area contributed by atoms with Crippen LogP contribution in [0.2, 0.25) is 0 Å². The van der Waals surface area contributed by atoms with Gasteiger partial charge in [0.1, 0.15) is 5.75 Å². The number of hydrogen-bond acceptors (Lipinski definition) is 4. The van der Waals surface area contributed by atoms with Gasteiger partial charge in [-0.1, -0.05) is 12.1 Å². The molecule has 1 heterocycles. The standard InChI is InChI=1S/C15H23N3O2/c1-15(2)11-16-8-9-18(15)10-14(19)17-12-6-4-5-7-13(12)20-3/h4-7,16H,8-11H2,1-3H3,(H,17,19). The van der Waals surface area contributed by atoms with Crippen LogP contribution in [0.5, 0.6) is 5.75 Å². The van der Waals surface area contributed by atoms with E-state index in [9.17, 15) is 4.79 Å². The number of nitrogens with zero attached hydrogens (tertiary/aromatic N) is 1. The monoisotopic (exact) mass is 277 g/mol. The Bertz CT molecular complexity index is 474. The number of ether oxygens (including phenoxy) is 1. The molecule has 1 fully saturated rings. The molecule has 0 atom stereocenters. The second kappa shape index (κ2) is 6.24. The Morgan fingerprint density at radius 2 is 2.20 bits per heavy atom. The van der Waals surface area contributed by atoms with Crippen LogP contribution in [0.1, 0.15) is 13.8 Å². The maximum Gasteiger partial charge on any atom is 0.238 e. The summed E-state index contributed by atoms with van der Waals surface area (Å²) in [6.07, 6.45) is 0. The summed E-state index contributed by atoms with van der Waals surface area (Å²) in [7, 11) is 1.60. The SMILES string of the molecule is COc1ccccc1NC(=O)CN1CCNCC1(C)C. The highest BCUT2D eigenvalue weighted by Gasteiger charge is 2.30. The molecule has 110 valence electrons. The highest BCUT2D eigenvalue weighted by molar-refractivity contribution is 5.93. The quantitative estimate of drug-likeness (QED) is 0.871. The largest absolute Gasteiger partial charge is 0.495 e. The van der Waals surface area contributed by atoms with E-state index in [4.69, 9.17) is 4.74 Å². The number of rotatable bonds is 4. The maximum atomic E-state index is 12.2. The van der Waals surface area contributed by atoms with E-state index in [1.807, 2.05) is 24.3 Å². The first-order valence-electron chi connectivity index (χ1n) is 6.91. The van der Waals surface area contributed by atoms with Crippen molar-refractivity contribution < 1.29 is 9.53 Å². The maximum absolute atomic E-state index is 12.2. The van der Waals surface area contributed by atoms with Gasteiger partial charge in [-0.3, -0.25) is 9.69 Å². The Kier molecular flexibility index (Phi) is 4.62.